The normalized spacial score (nSPS) is 13.4. The molecule has 2 rings (SSSR count). The van der Waals surface area contributed by atoms with Gasteiger partial charge in [0.25, 0.3) is 0 Å². The van der Waals surface area contributed by atoms with E-state index in [0.29, 0.717) is 11.6 Å². The van der Waals surface area contributed by atoms with E-state index in [0.717, 1.165) is 29.8 Å². The Labute approximate surface area is 119 Å². The standard InChI is InChI=1S/C14H21ClN4/c1-4-12(18(2)3)14-17-11-9-10(15)5-6-13(11)19(14)8-7-16/h5-6,9,12H,4,7-8,16H2,1-3H3. The van der Waals surface area contributed by atoms with E-state index in [1.807, 2.05) is 18.2 Å². The summed E-state index contributed by atoms with van der Waals surface area (Å²) in [6.07, 6.45) is 1.01. The number of imidazole rings is 1. The van der Waals surface area contributed by atoms with Gasteiger partial charge < -0.3 is 10.3 Å². The molecule has 0 bridgehead atoms. The number of benzene rings is 1. The molecule has 0 radical (unpaired) electrons. The molecule has 0 aliphatic carbocycles. The Morgan fingerprint density at radius 3 is 2.74 bits per heavy atom. The Balaban J connectivity index is 2.61. The van der Waals surface area contributed by atoms with Gasteiger partial charge in [0.15, 0.2) is 0 Å². The Hall–Kier alpha value is -1.10. The van der Waals surface area contributed by atoms with Crippen molar-refractivity contribution >= 4 is 22.6 Å². The zero-order valence-electron chi connectivity index (χ0n) is 11.7. The van der Waals surface area contributed by atoms with Gasteiger partial charge in [0.05, 0.1) is 17.1 Å². The molecule has 0 saturated carbocycles. The maximum atomic E-state index is 6.05. The van der Waals surface area contributed by atoms with Gasteiger partial charge >= 0.3 is 0 Å². The lowest BCUT2D eigenvalue weighted by atomic mass is 10.2. The molecule has 1 aromatic carbocycles. The molecule has 104 valence electrons. The van der Waals surface area contributed by atoms with Crippen molar-refractivity contribution in [2.45, 2.75) is 25.9 Å². The summed E-state index contributed by atoms with van der Waals surface area (Å²) < 4.78 is 2.21. The Kier molecular flexibility index (Phi) is 4.45. The predicted molar refractivity (Wildman–Crippen MR) is 80.5 cm³/mol. The van der Waals surface area contributed by atoms with Crippen LogP contribution in [0.1, 0.15) is 25.2 Å². The van der Waals surface area contributed by atoms with Crippen LogP contribution in [0, 0.1) is 0 Å². The first-order valence-electron chi connectivity index (χ1n) is 6.60. The summed E-state index contributed by atoms with van der Waals surface area (Å²) in [5, 5.41) is 0.717. The molecule has 0 aliphatic heterocycles. The van der Waals surface area contributed by atoms with E-state index in [9.17, 15) is 0 Å². The fraction of sp³-hybridized carbons (Fsp3) is 0.500. The van der Waals surface area contributed by atoms with Gasteiger partial charge in [0.2, 0.25) is 0 Å². The molecular weight excluding hydrogens is 260 g/mol. The molecule has 0 saturated heterocycles. The molecule has 2 aromatic rings. The lowest BCUT2D eigenvalue weighted by Gasteiger charge is -2.23. The van der Waals surface area contributed by atoms with Gasteiger partial charge in [-0.2, -0.15) is 0 Å². The SMILES string of the molecule is CCC(c1nc2cc(Cl)ccc2n1CCN)N(C)C. The highest BCUT2D eigenvalue weighted by atomic mass is 35.5. The predicted octanol–water partition coefficient (Wildman–Crippen LogP) is 2.66. The number of aromatic nitrogens is 2. The molecule has 0 spiro atoms. The van der Waals surface area contributed by atoms with E-state index < -0.39 is 0 Å². The van der Waals surface area contributed by atoms with Crippen LogP contribution < -0.4 is 5.73 Å². The van der Waals surface area contributed by atoms with Crippen molar-refractivity contribution in [3.05, 3.63) is 29.0 Å². The van der Waals surface area contributed by atoms with E-state index in [1.165, 1.54) is 0 Å². The number of rotatable bonds is 5. The first-order chi connectivity index (χ1) is 9.08. The number of hydrogen-bond donors (Lipinski definition) is 1. The van der Waals surface area contributed by atoms with Gasteiger partial charge in [-0.25, -0.2) is 4.98 Å². The molecule has 5 heteroatoms. The number of fused-ring (bicyclic) bond motifs is 1. The average Bonchev–Trinajstić information content (AvgIpc) is 2.68. The zero-order chi connectivity index (χ0) is 14.0. The minimum atomic E-state index is 0.290. The fourth-order valence-electron chi connectivity index (χ4n) is 2.52. The van der Waals surface area contributed by atoms with Crippen LogP contribution in [0.5, 0.6) is 0 Å². The summed E-state index contributed by atoms with van der Waals surface area (Å²) in [6, 6.07) is 6.12. The van der Waals surface area contributed by atoms with Crippen molar-refractivity contribution < 1.29 is 0 Å². The minimum Gasteiger partial charge on any atom is -0.329 e. The maximum Gasteiger partial charge on any atom is 0.127 e. The second kappa shape index (κ2) is 5.90. The summed E-state index contributed by atoms with van der Waals surface area (Å²) in [6.45, 7) is 3.55. The summed E-state index contributed by atoms with van der Waals surface area (Å²) in [7, 11) is 4.15. The van der Waals surface area contributed by atoms with Crippen LogP contribution in [0.4, 0.5) is 0 Å². The van der Waals surface area contributed by atoms with Crippen LogP contribution in [0.3, 0.4) is 0 Å². The van der Waals surface area contributed by atoms with Gasteiger partial charge in [-0.15, -0.1) is 0 Å². The molecule has 1 unspecified atom stereocenters. The van der Waals surface area contributed by atoms with Crippen molar-refractivity contribution in [3.8, 4) is 0 Å². The van der Waals surface area contributed by atoms with Crippen molar-refractivity contribution in [2.75, 3.05) is 20.6 Å². The number of hydrogen-bond acceptors (Lipinski definition) is 3. The van der Waals surface area contributed by atoms with Crippen LogP contribution >= 0.6 is 11.6 Å². The molecule has 1 aromatic heterocycles. The third kappa shape index (κ3) is 2.76. The number of halogens is 1. The molecule has 0 amide bonds. The minimum absolute atomic E-state index is 0.290. The smallest absolute Gasteiger partial charge is 0.127 e. The van der Waals surface area contributed by atoms with Crippen LogP contribution in [0.15, 0.2) is 18.2 Å². The topological polar surface area (TPSA) is 47.1 Å². The molecule has 0 aliphatic rings. The van der Waals surface area contributed by atoms with Gasteiger partial charge in [0.1, 0.15) is 5.82 Å². The van der Waals surface area contributed by atoms with E-state index in [-0.39, 0.29) is 6.04 Å². The molecular formula is C14H21ClN4. The van der Waals surface area contributed by atoms with E-state index >= 15 is 0 Å². The molecule has 1 atom stereocenters. The van der Waals surface area contributed by atoms with E-state index in [4.69, 9.17) is 22.3 Å². The highest BCUT2D eigenvalue weighted by Crippen LogP contribution is 2.27. The van der Waals surface area contributed by atoms with Crippen molar-refractivity contribution in [2.24, 2.45) is 5.73 Å². The van der Waals surface area contributed by atoms with Crippen LogP contribution in [-0.4, -0.2) is 35.1 Å². The van der Waals surface area contributed by atoms with Gasteiger partial charge in [-0.1, -0.05) is 18.5 Å². The Morgan fingerprint density at radius 1 is 1.42 bits per heavy atom. The van der Waals surface area contributed by atoms with Gasteiger partial charge in [-0.3, -0.25) is 4.90 Å². The van der Waals surface area contributed by atoms with Crippen LogP contribution in [0.2, 0.25) is 5.02 Å². The van der Waals surface area contributed by atoms with E-state index in [2.05, 4.69) is 30.5 Å². The van der Waals surface area contributed by atoms with Gasteiger partial charge in [-0.05, 0) is 38.7 Å². The largest absolute Gasteiger partial charge is 0.329 e. The third-order valence-electron chi connectivity index (χ3n) is 3.40. The quantitative estimate of drug-likeness (QED) is 0.916. The maximum absolute atomic E-state index is 6.05. The summed E-state index contributed by atoms with van der Waals surface area (Å²) in [4.78, 5) is 6.96. The zero-order valence-corrected chi connectivity index (χ0v) is 12.5. The monoisotopic (exact) mass is 280 g/mol. The highest BCUT2D eigenvalue weighted by molar-refractivity contribution is 6.31. The first kappa shape index (κ1) is 14.3. The average molecular weight is 281 g/mol. The molecule has 2 N–H and O–H groups in total. The molecule has 19 heavy (non-hydrogen) atoms. The fourth-order valence-corrected chi connectivity index (χ4v) is 2.69. The molecule has 1 heterocycles. The second-order valence-corrected chi connectivity index (χ2v) is 5.37. The summed E-state index contributed by atoms with van der Waals surface area (Å²) in [5.74, 6) is 1.07. The highest BCUT2D eigenvalue weighted by Gasteiger charge is 2.20. The van der Waals surface area contributed by atoms with Gasteiger partial charge in [0, 0.05) is 18.1 Å². The first-order valence-corrected chi connectivity index (χ1v) is 6.98. The lowest BCUT2D eigenvalue weighted by molar-refractivity contribution is 0.273. The van der Waals surface area contributed by atoms with Crippen molar-refractivity contribution in [3.63, 3.8) is 0 Å². The Bertz CT molecular complexity index is 562. The lowest BCUT2D eigenvalue weighted by Crippen LogP contribution is -2.24. The van der Waals surface area contributed by atoms with Crippen LogP contribution in [-0.2, 0) is 6.54 Å². The summed E-state index contributed by atoms with van der Waals surface area (Å²) in [5.41, 5.74) is 7.78. The molecule has 0 fully saturated rings. The third-order valence-corrected chi connectivity index (χ3v) is 3.64. The molecule has 4 nitrogen and oxygen atoms in total. The van der Waals surface area contributed by atoms with Crippen molar-refractivity contribution in [1.82, 2.24) is 14.5 Å². The number of nitrogens with two attached hydrogens (primary N) is 1. The van der Waals surface area contributed by atoms with Crippen molar-refractivity contribution in [1.29, 1.82) is 0 Å². The van der Waals surface area contributed by atoms with E-state index in [1.54, 1.807) is 0 Å². The number of nitrogens with zero attached hydrogens (tertiary/aromatic N) is 3. The second-order valence-electron chi connectivity index (χ2n) is 4.93. The Morgan fingerprint density at radius 2 is 2.16 bits per heavy atom. The van der Waals surface area contributed by atoms with Crippen LogP contribution in [0.25, 0.3) is 11.0 Å². The summed E-state index contributed by atoms with van der Waals surface area (Å²) >= 11 is 6.05.